The monoisotopic (exact) mass is 254 g/mol. The molecule has 0 aromatic heterocycles. The lowest BCUT2D eigenvalue weighted by Crippen LogP contribution is -2.11. The lowest BCUT2D eigenvalue weighted by atomic mass is 10.0. The second-order valence-corrected chi connectivity index (χ2v) is 3.86. The number of carbonyl (C=O) groups is 2. The number of benzene rings is 1. The van der Waals surface area contributed by atoms with Crippen LogP contribution in [0.25, 0.3) is 0 Å². The molecular weight excluding hydrogens is 240 g/mol. The fraction of sp³-hybridized carbons (Fsp3) is 0.385. The van der Waals surface area contributed by atoms with Crippen molar-refractivity contribution in [1.82, 2.24) is 0 Å². The van der Waals surface area contributed by atoms with Crippen molar-refractivity contribution in [2.75, 3.05) is 12.5 Å². The van der Waals surface area contributed by atoms with Crippen LogP contribution >= 0.6 is 11.6 Å². The van der Waals surface area contributed by atoms with Gasteiger partial charge in [0.25, 0.3) is 0 Å². The Kier molecular flexibility index (Phi) is 5.70. The highest BCUT2D eigenvalue weighted by Crippen LogP contribution is 2.14. The predicted molar refractivity (Wildman–Crippen MR) is 66.7 cm³/mol. The van der Waals surface area contributed by atoms with Gasteiger partial charge in [-0.25, -0.2) is 4.79 Å². The van der Waals surface area contributed by atoms with Crippen molar-refractivity contribution >= 4 is 23.4 Å². The van der Waals surface area contributed by atoms with Crippen LogP contribution in [0.2, 0.25) is 0 Å². The minimum absolute atomic E-state index is 0.0747. The molecule has 1 rings (SSSR count). The first-order valence-corrected chi connectivity index (χ1v) is 6.09. The molecule has 0 unspecified atom stereocenters. The molecule has 0 heterocycles. The highest BCUT2D eigenvalue weighted by Gasteiger charge is 2.16. The lowest BCUT2D eigenvalue weighted by molar-refractivity contribution is 0.0523. The van der Waals surface area contributed by atoms with E-state index in [-0.39, 0.29) is 5.78 Å². The van der Waals surface area contributed by atoms with Gasteiger partial charge in [-0.1, -0.05) is 18.2 Å². The number of Topliss-reactive ketones (excluding diaryl/α,β-unsaturated/α-hetero) is 1. The van der Waals surface area contributed by atoms with Gasteiger partial charge in [-0.3, -0.25) is 4.79 Å². The molecule has 0 bridgehead atoms. The number of esters is 1. The number of hydrogen-bond donors (Lipinski definition) is 0. The molecule has 0 saturated heterocycles. The average molecular weight is 255 g/mol. The topological polar surface area (TPSA) is 43.4 Å². The molecule has 1 aromatic carbocycles. The van der Waals surface area contributed by atoms with Crippen LogP contribution in [0.4, 0.5) is 0 Å². The number of alkyl halides is 1. The number of halogens is 1. The maximum absolute atomic E-state index is 11.9. The Balaban J connectivity index is 2.91. The summed E-state index contributed by atoms with van der Waals surface area (Å²) >= 11 is 5.54. The van der Waals surface area contributed by atoms with E-state index in [1.807, 2.05) is 0 Å². The van der Waals surface area contributed by atoms with Crippen LogP contribution in [-0.2, 0) is 4.74 Å². The first-order chi connectivity index (χ1) is 8.20. The summed E-state index contributed by atoms with van der Waals surface area (Å²) in [5, 5.41) is 0. The SMILES string of the molecule is CCOC(=O)c1ccccc1C(=O)CCCCl. The largest absolute Gasteiger partial charge is 0.462 e. The van der Waals surface area contributed by atoms with Crippen molar-refractivity contribution in [3.05, 3.63) is 35.4 Å². The number of ether oxygens (including phenoxy) is 1. The van der Waals surface area contributed by atoms with E-state index in [1.165, 1.54) is 0 Å². The molecule has 0 N–H and O–H groups in total. The van der Waals surface area contributed by atoms with Gasteiger partial charge >= 0.3 is 5.97 Å². The van der Waals surface area contributed by atoms with E-state index >= 15 is 0 Å². The smallest absolute Gasteiger partial charge is 0.338 e. The summed E-state index contributed by atoms with van der Waals surface area (Å²) < 4.78 is 4.91. The highest BCUT2D eigenvalue weighted by atomic mass is 35.5. The van der Waals surface area contributed by atoms with Crippen molar-refractivity contribution < 1.29 is 14.3 Å². The summed E-state index contributed by atoms with van der Waals surface area (Å²) in [6.45, 7) is 2.03. The third kappa shape index (κ3) is 3.86. The molecule has 0 spiro atoms. The normalized spacial score (nSPS) is 10.0. The second kappa shape index (κ2) is 7.07. The van der Waals surface area contributed by atoms with E-state index in [9.17, 15) is 9.59 Å². The van der Waals surface area contributed by atoms with Crippen LogP contribution in [0, 0.1) is 0 Å². The van der Waals surface area contributed by atoms with Gasteiger partial charge in [-0.05, 0) is 19.4 Å². The minimum atomic E-state index is -0.456. The molecule has 1 aromatic rings. The predicted octanol–water partition coefficient (Wildman–Crippen LogP) is 3.07. The van der Waals surface area contributed by atoms with Crippen molar-refractivity contribution in [3.8, 4) is 0 Å². The third-order valence-corrected chi connectivity index (χ3v) is 2.53. The molecule has 3 nitrogen and oxygen atoms in total. The summed E-state index contributed by atoms with van der Waals surface area (Å²) in [5.74, 6) is -0.0931. The molecule has 0 aliphatic rings. The van der Waals surface area contributed by atoms with Gasteiger partial charge in [0, 0.05) is 17.9 Å². The van der Waals surface area contributed by atoms with E-state index in [1.54, 1.807) is 31.2 Å². The van der Waals surface area contributed by atoms with Crippen molar-refractivity contribution in [3.63, 3.8) is 0 Å². The summed E-state index contributed by atoms with van der Waals surface area (Å²) in [6.07, 6.45) is 0.956. The highest BCUT2D eigenvalue weighted by molar-refractivity contribution is 6.18. The molecule has 0 saturated carbocycles. The van der Waals surface area contributed by atoms with E-state index in [0.717, 1.165) is 0 Å². The maximum Gasteiger partial charge on any atom is 0.338 e. The van der Waals surface area contributed by atoms with Gasteiger partial charge in [-0.15, -0.1) is 11.6 Å². The molecule has 17 heavy (non-hydrogen) atoms. The van der Waals surface area contributed by atoms with Crippen molar-refractivity contribution in [1.29, 1.82) is 0 Å². The van der Waals surface area contributed by atoms with Gasteiger partial charge in [0.15, 0.2) is 5.78 Å². The van der Waals surface area contributed by atoms with Crippen molar-refractivity contribution in [2.45, 2.75) is 19.8 Å². The van der Waals surface area contributed by atoms with Gasteiger partial charge in [0.1, 0.15) is 0 Å². The molecule has 0 atom stereocenters. The molecule has 92 valence electrons. The molecule has 0 aliphatic carbocycles. The van der Waals surface area contributed by atoms with Gasteiger partial charge in [-0.2, -0.15) is 0 Å². The van der Waals surface area contributed by atoms with Crippen LogP contribution in [0.1, 0.15) is 40.5 Å². The first-order valence-electron chi connectivity index (χ1n) is 5.56. The van der Waals surface area contributed by atoms with Crippen LogP contribution < -0.4 is 0 Å². The van der Waals surface area contributed by atoms with Crippen LogP contribution in [-0.4, -0.2) is 24.2 Å². The number of ketones is 1. The van der Waals surface area contributed by atoms with E-state index < -0.39 is 5.97 Å². The Labute approximate surface area is 106 Å². The Morgan fingerprint density at radius 2 is 1.88 bits per heavy atom. The summed E-state index contributed by atoms with van der Waals surface area (Å²) in [5.41, 5.74) is 0.741. The van der Waals surface area contributed by atoms with Gasteiger partial charge in [0.05, 0.1) is 12.2 Å². The zero-order chi connectivity index (χ0) is 12.7. The summed E-state index contributed by atoms with van der Waals surface area (Å²) in [6, 6.07) is 6.69. The quantitative estimate of drug-likeness (QED) is 0.445. The first kappa shape index (κ1) is 13.7. The zero-order valence-electron chi connectivity index (χ0n) is 9.74. The molecule has 0 amide bonds. The fourth-order valence-corrected chi connectivity index (χ4v) is 1.61. The molecule has 0 aliphatic heterocycles. The average Bonchev–Trinajstić information content (AvgIpc) is 2.36. The lowest BCUT2D eigenvalue weighted by Gasteiger charge is -2.07. The zero-order valence-corrected chi connectivity index (χ0v) is 10.5. The number of hydrogen-bond acceptors (Lipinski definition) is 3. The Bertz CT molecular complexity index is 401. The van der Waals surface area contributed by atoms with Gasteiger partial charge in [0.2, 0.25) is 0 Å². The Hall–Kier alpha value is -1.35. The van der Waals surface area contributed by atoms with E-state index in [0.29, 0.717) is 36.5 Å². The van der Waals surface area contributed by atoms with Crippen LogP contribution in [0.3, 0.4) is 0 Å². The van der Waals surface area contributed by atoms with E-state index in [2.05, 4.69) is 0 Å². The standard InChI is InChI=1S/C13H15ClO3/c1-2-17-13(16)11-7-4-3-6-10(11)12(15)8-5-9-14/h3-4,6-7H,2,5,8-9H2,1H3. The Morgan fingerprint density at radius 3 is 2.47 bits per heavy atom. The number of rotatable bonds is 6. The maximum atomic E-state index is 11.9. The molecule has 4 heteroatoms. The van der Waals surface area contributed by atoms with Crippen LogP contribution in [0.15, 0.2) is 24.3 Å². The van der Waals surface area contributed by atoms with Crippen LogP contribution in [0.5, 0.6) is 0 Å². The van der Waals surface area contributed by atoms with Crippen molar-refractivity contribution in [2.24, 2.45) is 0 Å². The summed E-state index contributed by atoms with van der Waals surface area (Å²) in [4.78, 5) is 23.5. The molecular formula is C13H15ClO3. The Morgan fingerprint density at radius 1 is 1.24 bits per heavy atom. The minimum Gasteiger partial charge on any atom is -0.462 e. The number of carbonyl (C=O) groups excluding carboxylic acids is 2. The molecule has 0 radical (unpaired) electrons. The second-order valence-electron chi connectivity index (χ2n) is 3.48. The summed E-state index contributed by atoms with van der Waals surface area (Å²) in [7, 11) is 0. The fourth-order valence-electron chi connectivity index (χ4n) is 1.48. The molecule has 0 fully saturated rings. The third-order valence-electron chi connectivity index (χ3n) is 2.26. The van der Waals surface area contributed by atoms with E-state index in [4.69, 9.17) is 16.3 Å². The van der Waals surface area contributed by atoms with Gasteiger partial charge < -0.3 is 4.74 Å².